The van der Waals surface area contributed by atoms with Crippen molar-refractivity contribution < 1.29 is 19.4 Å². The minimum Gasteiger partial charge on any atom is -0.503 e. The van der Waals surface area contributed by atoms with Gasteiger partial charge in [-0.15, -0.1) is 0 Å². The van der Waals surface area contributed by atoms with E-state index in [4.69, 9.17) is 4.74 Å². The molecule has 7 heteroatoms. The summed E-state index contributed by atoms with van der Waals surface area (Å²) >= 11 is 0. The van der Waals surface area contributed by atoms with Crippen LogP contribution in [0, 0.1) is 5.92 Å². The maximum absolute atomic E-state index is 13.4. The van der Waals surface area contributed by atoms with E-state index in [2.05, 4.69) is 18.8 Å². The second kappa shape index (κ2) is 12.2. The Labute approximate surface area is 217 Å². The van der Waals surface area contributed by atoms with E-state index < -0.39 is 23.5 Å². The van der Waals surface area contributed by atoms with E-state index in [1.165, 1.54) is 6.08 Å². The van der Waals surface area contributed by atoms with Crippen LogP contribution < -0.4 is 4.74 Å². The average molecular weight is 500 g/mol. The van der Waals surface area contributed by atoms with E-state index in [0.29, 0.717) is 37.8 Å². The molecule has 1 aliphatic heterocycles. The molecule has 4 rings (SSSR count). The Kier molecular flexibility index (Phi) is 8.56. The number of amides is 1. The molecular weight excluding hydrogens is 466 g/mol. The molecule has 0 saturated carbocycles. The number of aliphatic hydroxyl groups excluding tert-OH is 1. The number of aromatic nitrogens is 2. The number of allylic oxidation sites excluding steroid dienone is 1. The highest BCUT2D eigenvalue weighted by Crippen LogP contribution is 2.39. The Morgan fingerprint density at radius 2 is 1.95 bits per heavy atom. The molecule has 2 heterocycles. The number of nitrogens with zero attached hydrogens (tertiary/aromatic N) is 3. The van der Waals surface area contributed by atoms with Crippen LogP contribution in [0.3, 0.4) is 0 Å². The number of carbonyl (C=O) groups excluding carboxylic acids is 2. The van der Waals surface area contributed by atoms with Crippen molar-refractivity contribution in [2.24, 2.45) is 5.92 Å². The van der Waals surface area contributed by atoms with Gasteiger partial charge in [0, 0.05) is 25.5 Å². The second-order valence-corrected chi connectivity index (χ2v) is 9.53. The summed E-state index contributed by atoms with van der Waals surface area (Å²) in [4.78, 5) is 32.2. The van der Waals surface area contributed by atoms with Gasteiger partial charge in [-0.25, -0.2) is 4.98 Å². The van der Waals surface area contributed by atoms with Crippen molar-refractivity contribution in [3.63, 3.8) is 0 Å². The summed E-state index contributed by atoms with van der Waals surface area (Å²) in [5.74, 6) is -0.258. The van der Waals surface area contributed by atoms with E-state index >= 15 is 0 Å². The molecular formula is C30H33N3O4. The standard InChI is InChI=1S/C30H33N3O4/c1-22(2)14-19-37-25-11-6-10-24(20-25)28-27(26(34)13-12-23-8-4-3-5-9-23)29(35)30(36)33(28)17-7-16-32-18-15-31-21-32/h3-6,8-13,15,18,20-22,28,35H,7,14,16-17,19H2,1-2H3/b13-12+. The molecule has 1 atom stereocenters. The fraction of sp³-hybridized carbons (Fsp3) is 0.300. The summed E-state index contributed by atoms with van der Waals surface area (Å²) in [6.45, 7) is 5.88. The molecule has 7 nitrogen and oxygen atoms in total. The number of aryl methyl sites for hydroxylation is 1. The van der Waals surface area contributed by atoms with Crippen LogP contribution in [0.1, 0.15) is 43.9 Å². The van der Waals surface area contributed by atoms with E-state index in [1.54, 1.807) is 23.5 Å². The molecule has 0 saturated heterocycles. The molecule has 192 valence electrons. The van der Waals surface area contributed by atoms with E-state index in [1.807, 2.05) is 65.4 Å². The Hall–Kier alpha value is -4.13. The molecule has 2 aromatic carbocycles. The van der Waals surface area contributed by atoms with Gasteiger partial charge in [-0.1, -0.05) is 62.4 Å². The predicted octanol–water partition coefficient (Wildman–Crippen LogP) is 5.38. The number of imidazole rings is 1. The molecule has 1 unspecified atom stereocenters. The molecule has 1 aliphatic rings. The molecule has 0 spiro atoms. The smallest absolute Gasteiger partial charge is 0.290 e. The molecule has 3 aromatic rings. The molecule has 1 aromatic heterocycles. The minimum absolute atomic E-state index is 0.0825. The topological polar surface area (TPSA) is 84.7 Å². The van der Waals surface area contributed by atoms with E-state index in [-0.39, 0.29) is 5.57 Å². The number of hydrogen-bond donors (Lipinski definition) is 1. The minimum atomic E-state index is -0.711. The quantitative estimate of drug-likeness (QED) is 0.339. The van der Waals surface area contributed by atoms with E-state index in [0.717, 1.165) is 17.5 Å². The lowest BCUT2D eigenvalue weighted by molar-refractivity contribution is -0.129. The fourth-order valence-electron chi connectivity index (χ4n) is 4.34. The summed E-state index contributed by atoms with van der Waals surface area (Å²) in [7, 11) is 0. The van der Waals surface area contributed by atoms with Gasteiger partial charge in [0.15, 0.2) is 11.5 Å². The lowest BCUT2D eigenvalue weighted by Gasteiger charge is -2.27. The predicted molar refractivity (Wildman–Crippen MR) is 143 cm³/mol. The zero-order valence-corrected chi connectivity index (χ0v) is 21.3. The maximum atomic E-state index is 13.4. The fourth-order valence-corrected chi connectivity index (χ4v) is 4.34. The zero-order valence-electron chi connectivity index (χ0n) is 21.3. The van der Waals surface area contributed by atoms with Gasteiger partial charge in [0.1, 0.15) is 5.75 Å². The van der Waals surface area contributed by atoms with Crippen molar-refractivity contribution in [1.29, 1.82) is 0 Å². The third-order valence-corrected chi connectivity index (χ3v) is 6.31. The largest absolute Gasteiger partial charge is 0.503 e. The highest BCUT2D eigenvalue weighted by Gasteiger charge is 2.42. The molecule has 0 aliphatic carbocycles. The van der Waals surface area contributed by atoms with Crippen molar-refractivity contribution in [2.75, 3.05) is 13.2 Å². The number of ether oxygens (including phenoxy) is 1. The number of aliphatic hydroxyl groups is 1. The van der Waals surface area contributed by atoms with Gasteiger partial charge in [-0.2, -0.15) is 0 Å². The van der Waals surface area contributed by atoms with Gasteiger partial charge in [-0.3, -0.25) is 9.59 Å². The summed E-state index contributed by atoms with van der Waals surface area (Å²) in [6.07, 6.45) is 9.95. The van der Waals surface area contributed by atoms with Crippen molar-refractivity contribution >= 4 is 17.8 Å². The van der Waals surface area contributed by atoms with Crippen LogP contribution in [0.5, 0.6) is 5.75 Å². The lowest BCUT2D eigenvalue weighted by Crippen LogP contribution is -2.32. The number of hydrogen-bond acceptors (Lipinski definition) is 5. The average Bonchev–Trinajstić information content (AvgIpc) is 3.50. The van der Waals surface area contributed by atoms with Gasteiger partial charge in [0.05, 0.1) is 24.5 Å². The first-order valence-corrected chi connectivity index (χ1v) is 12.6. The normalized spacial score (nSPS) is 15.8. The van der Waals surface area contributed by atoms with Crippen LogP contribution in [0.4, 0.5) is 0 Å². The summed E-state index contributed by atoms with van der Waals surface area (Å²) in [5, 5.41) is 10.9. The Bertz CT molecular complexity index is 1260. The summed E-state index contributed by atoms with van der Waals surface area (Å²) < 4.78 is 7.88. The Morgan fingerprint density at radius 1 is 1.14 bits per heavy atom. The third-order valence-electron chi connectivity index (χ3n) is 6.31. The zero-order chi connectivity index (χ0) is 26.2. The first-order chi connectivity index (χ1) is 17.9. The van der Waals surface area contributed by atoms with Gasteiger partial charge in [-0.05, 0) is 48.1 Å². The molecule has 0 radical (unpaired) electrons. The van der Waals surface area contributed by atoms with Gasteiger partial charge >= 0.3 is 0 Å². The van der Waals surface area contributed by atoms with Crippen molar-refractivity contribution in [3.05, 3.63) is 102 Å². The van der Waals surface area contributed by atoms with Gasteiger partial charge in [0.2, 0.25) is 0 Å². The van der Waals surface area contributed by atoms with Gasteiger partial charge < -0.3 is 19.3 Å². The first-order valence-electron chi connectivity index (χ1n) is 12.6. The highest BCUT2D eigenvalue weighted by molar-refractivity contribution is 6.14. The number of benzene rings is 2. The Balaban J connectivity index is 1.61. The Morgan fingerprint density at radius 3 is 2.68 bits per heavy atom. The number of ketones is 1. The maximum Gasteiger partial charge on any atom is 0.290 e. The molecule has 0 bridgehead atoms. The van der Waals surface area contributed by atoms with Crippen molar-refractivity contribution in [2.45, 2.75) is 39.3 Å². The highest BCUT2D eigenvalue weighted by atomic mass is 16.5. The lowest BCUT2D eigenvalue weighted by atomic mass is 9.95. The second-order valence-electron chi connectivity index (χ2n) is 9.53. The van der Waals surface area contributed by atoms with Crippen LogP contribution in [-0.4, -0.2) is 44.4 Å². The summed E-state index contributed by atoms with van der Waals surface area (Å²) in [5.41, 5.74) is 1.66. The molecule has 1 N–H and O–H groups in total. The van der Waals surface area contributed by atoms with Crippen molar-refractivity contribution in [3.8, 4) is 5.75 Å². The van der Waals surface area contributed by atoms with Crippen LogP contribution in [0.15, 0.2) is 90.7 Å². The van der Waals surface area contributed by atoms with Crippen LogP contribution >= 0.6 is 0 Å². The van der Waals surface area contributed by atoms with Crippen molar-refractivity contribution in [1.82, 2.24) is 14.5 Å². The molecule has 37 heavy (non-hydrogen) atoms. The van der Waals surface area contributed by atoms with E-state index in [9.17, 15) is 14.7 Å². The molecule has 1 amide bonds. The third kappa shape index (κ3) is 6.55. The summed E-state index contributed by atoms with van der Waals surface area (Å²) in [6, 6.07) is 16.2. The molecule has 0 fully saturated rings. The first kappa shape index (κ1) is 25.9. The monoisotopic (exact) mass is 499 g/mol. The van der Waals surface area contributed by atoms with Crippen LogP contribution in [0.25, 0.3) is 6.08 Å². The van der Waals surface area contributed by atoms with Crippen LogP contribution in [0.2, 0.25) is 0 Å². The SMILES string of the molecule is CC(C)CCOc1cccc(C2C(C(=O)/C=C/c3ccccc3)=C(O)C(=O)N2CCCn2ccnc2)c1. The van der Waals surface area contributed by atoms with Gasteiger partial charge in [0.25, 0.3) is 5.91 Å². The number of carbonyl (C=O) groups is 2. The van der Waals surface area contributed by atoms with Crippen LogP contribution in [-0.2, 0) is 16.1 Å². The number of rotatable bonds is 12.